The summed E-state index contributed by atoms with van der Waals surface area (Å²) in [5.41, 5.74) is 19.0. The lowest BCUT2D eigenvalue weighted by atomic mass is 9.74. The highest BCUT2D eigenvalue weighted by molar-refractivity contribution is 7.99. The number of nitrogens with zero attached hydrogens (tertiary/aromatic N) is 6. The summed E-state index contributed by atoms with van der Waals surface area (Å²) in [6, 6.07) is 95.1. The summed E-state index contributed by atoms with van der Waals surface area (Å²) >= 11 is 1.84. The standard InChI is InChI=1S/C19H16N2.C16H17N.C13H11NO.C13H11NS.C13H11N/c1-20-16-11-5-7-13-18(16)21(15-9-3-2-4-10-15)19-14-8-6-12-17(19)20;1-16(2)12-8-4-6-10-14(12)17(3)15-11-7-5-9-13(15)16;2*1-14-10-6-2-4-8-12(10)15-13-9-5-3-7-11(13)14;1-14-12-8-4-2-6-10(12)11-7-3-5-9-13(11)14/h2-14H,1H3;4-11H,1-3H3;2*2-9H,1H3;2-9H,1H3. The molecule has 1 aromatic heterocycles. The largest absolute Gasteiger partial charge is 0.453 e. The second-order valence-electron chi connectivity index (χ2n) is 21.2. The van der Waals surface area contributed by atoms with Crippen molar-refractivity contribution in [1.29, 1.82) is 0 Å². The van der Waals surface area contributed by atoms with Crippen molar-refractivity contribution in [2.75, 3.05) is 52.7 Å². The van der Waals surface area contributed by atoms with Gasteiger partial charge in [-0.2, -0.15) is 0 Å². The maximum Gasteiger partial charge on any atom is 0.151 e. The van der Waals surface area contributed by atoms with Crippen molar-refractivity contribution in [2.24, 2.45) is 7.05 Å². The molecule has 0 saturated carbocycles. The van der Waals surface area contributed by atoms with Gasteiger partial charge < -0.3 is 33.8 Å². The van der Waals surface area contributed by atoms with Gasteiger partial charge in [0.15, 0.2) is 11.5 Å². The molecular formula is C74H66N6OS. The number of aromatic nitrogens is 1. The molecule has 0 radical (unpaired) electrons. The number of benzene rings is 11. The zero-order chi connectivity index (χ0) is 56.3. The van der Waals surface area contributed by atoms with Crippen LogP contribution in [0.4, 0.5) is 62.6 Å². The van der Waals surface area contributed by atoms with Crippen LogP contribution in [-0.4, -0.2) is 32.8 Å². The Morgan fingerprint density at radius 2 is 0.610 bits per heavy atom. The number of rotatable bonds is 1. The molecule has 0 saturated heterocycles. The lowest BCUT2D eigenvalue weighted by Crippen LogP contribution is -2.30. The van der Waals surface area contributed by atoms with Crippen LogP contribution in [0.5, 0.6) is 11.5 Å². The van der Waals surface area contributed by atoms with E-state index in [0.29, 0.717) is 0 Å². The number of hydrogen-bond acceptors (Lipinski definition) is 7. The van der Waals surface area contributed by atoms with Crippen LogP contribution in [-0.2, 0) is 12.5 Å². The lowest BCUT2D eigenvalue weighted by Gasteiger charge is -2.40. The fourth-order valence-corrected chi connectivity index (χ4v) is 12.9. The fraction of sp³-hybridized carbons (Fsp3) is 0.108. The van der Waals surface area contributed by atoms with Crippen LogP contribution in [0.2, 0.25) is 0 Å². The molecular weight excluding hydrogens is 1020 g/mol. The van der Waals surface area contributed by atoms with Crippen LogP contribution in [0.3, 0.4) is 0 Å². The van der Waals surface area contributed by atoms with Crippen LogP contribution in [0.25, 0.3) is 21.8 Å². The topological polar surface area (TPSA) is 30.4 Å². The minimum Gasteiger partial charge on any atom is -0.453 e. The quantitative estimate of drug-likeness (QED) is 0.162. The molecule has 12 aromatic rings. The van der Waals surface area contributed by atoms with Crippen LogP contribution >= 0.6 is 11.8 Å². The van der Waals surface area contributed by atoms with Gasteiger partial charge in [-0.1, -0.05) is 189 Å². The fourth-order valence-electron chi connectivity index (χ4n) is 11.7. The van der Waals surface area contributed by atoms with E-state index in [9.17, 15) is 0 Å². The predicted molar refractivity (Wildman–Crippen MR) is 349 cm³/mol. The summed E-state index contributed by atoms with van der Waals surface area (Å²) in [4.78, 5) is 13.9. The Hall–Kier alpha value is -9.63. The molecule has 7 nitrogen and oxygen atoms in total. The van der Waals surface area contributed by atoms with Gasteiger partial charge in [-0.25, -0.2) is 0 Å². The summed E-state index contributed by atoms with van der Waals surface area (Å²) in [5, 5.41) is 2.68. The number of hydrogen-bond donors (Lipinski definition) is 0. The number of aryl methyl sites for hydroxylation is 1. The molecule has 16 rings (SSSR count). The Morgan fingerprint density at radius 3 is 1.09 bits per heavy atom. The van der Waals surface area contributed by atoms with Crippen molar-refractivity contribution in [3.63, 3.8) is 0 Å². The molecule has 0 N–H and O–H groups in total. The summed E-state index contributed by atoms with van der Waals surface area (Å²) < 4.78 is 8.05. The van der Waals surface area contributed by atoms with Crippen molar-refractivity contribution in [3.8, 4) is 11.5 Å². The van der Waals surface area contributed by atoms with Crippen molar-refractivity contribution in [3.05, 3.63) is 284 Å². The zero-order valence-electron chi connectivity index (χ0n) is 47.5. The Morgan fingerprint density at radius 1 is 0.293 bits per heavy atom. The third-order valence-corrected chi connectivity index (χ3v) is 17.2. The normalized spacial score (nSPS) is 13.3. The first kappa shape index (κ1) is 53.0. The minimum absolute atomic E-state index is 0.0830. The molecule has 0 amide bonds. The monoisotopic (exact) mass is 1090 g/mol. The number of anilines is 11. The average molecular weight is 1090 g/mol. The zero-order valence-corrected chi connectivity index (χ0v) is 48.3. The van der Waals surface area contributed by atoms with E-state index in [0.717, 1.165) is 22.9 Å². The molecule has 4 aliphatic rings. The molecule has 8 heteroatoms. The Kier molecular flexibility index (Phi) is 14.8. The molecule has 0 unspecified atom stereocenters. The Bertz CT molecular complexity index is 3890. The molecule has 0 bridgehead atoms. The molecule has 0 aliphatic carbocycles. The molecule has 0 fully saturated rings. The SMILES string of the molecule is CN1c2ccccc2C(C)(C)c2ccccc21.CN1c2ccccc2N(c2ccccc2)c2ccccc21.CN1c2ccccc2Oc2ccccc21.CN1c2ccccc2Sc2ccccc21.Cn1c2ccccc2c2ccccc21. The number of fused-ring (bicyclic) bond motifs is 11. The van der Waals surface area contributed by atoms with E-state index in [2.05, 4.69) is 315 Å². The van der Waals surface area contributed by atoms with E-state index < -0.39 is 0 Å². The Balaban J connectivity index is 0.000000102. The second-order valence-corrected chi connectivity index (χ2v) is 22.3. The highest BCUT2D eigenvalue weighted by Gasteiger charge is 2.34. The van der Waals surface area contributed by atoms with E-state index in [1.165, 1.54) is 93.9 Å². The highest BCUT2D eigenvalue weighted by Crippen LogP contribution is 2.52. The third kappa shape index (κ3) is 9.96. The lowest BCUT2D eigenvalue weighted by molar-refractivity contribution is 0.475. The van der Waals surface area contributed by atoms with E-state index in [1.54, 1.807) is 0 Å². The van der Waals surface area contributed by atoms with Gasteiger partial charge >= 0.3 is 0 Å². The van der Waals surface area contributed by atoms with Gasteiger partial charge in [0, 0.05) is 89.3 Å². The van der Waals surface area contributed by atoms with Crippen molar-refractivity contribution in [2.45, 2.75) is 29.1 Å². The van der Waals surface area contributed by atoms with Gasteiger partial charge in [0.25, 0.3) is 0 Å². The van der Waals surface area contributed by atoms with Gasteiger partial charge in [-0.3, -0.25) is 0 Å². The minimum atomic E-state index is 0.0830. The van der Waals surface area contributed by atoms with Gasteiger partial charge in [-0.15, -0.1) is 0 Å². The Labute approximate surface area is 487 Å². The average Bonchev–Trinajstić information content (AvgIpc) is 3.98. The first-order valence-electron chi connectivity index (χ1n) is 27.9. The van der Waals surface area contributed by atoms with Crippen molar-refractivity contribution < 1.29 is 4.74 Å². The first-order valence-corrected chi connectivity index (χ1v) is 28.7. The van der Waals surface area contributed by atoms with Gasteiger partial charge in [0.1, 0.15) is 0 Å². The third-order valence-electron chi connectivity index (χ3n) is 16.0. The summed E-state index contributed by atoms with van der Waals surface area (Å²) in [6.07, 6.45) is 0. The maximum atomic E-state index is 5.81. The molecule has 82 heavy (non-hydrogen) atoms. The van der Waals surface area contributed by atoms with Crippen LogP contribution in [0.15, 0.2) is 283 Å². The van der Waals surface area contributed by atoms with Crippen LogP contribution < -0.4 is 29.2 Å². The highest BCUT2D eigenvalue weighted by atomic mass is 32.2. The molecule has 0 spiro atoms. The van der Waals surface area contributed by atoms with E-state index in [-0.39, 0.29) is 5.41 Å². The first-order chi connectivity index (χ1) is 40.1. The summed E-state index contributed by atoms with van der Waals surface area (Å²) in [5.74, 6) is 1.83. The van der Waals surface area contributed by atoms with Gasteiger partial charge in [0.05, 0.1) is 45.5 Å². The number of ether oxygens (including phenoxy) is 1. The van der Waals surface area contributed by atoms with Crippen LogP contribution in [0.1, 0.15) is 25.0 Å². The van der Waals surface area contributed by atoms with Gasteiger partial charge in [-0.05, 0) is 120 Å². The molecule has 5 heterocycles. The molecule has 404 valence electrons. The second kappa shape index (κ2) is 22.8. The predicted octanol–water partition coefficient (Wildman–Crippen LogP) is 20.1. The van der Waals surface area contributed by atoms with Crippen molar-refractivity contribution in [1.82, 2.24) is 4.57 Å². The molecule has 0 atom stereocenters. The molecule has 4 aliphatic heterocycles. The van der Waals surface area contributed by atoms with E-state index in [4.69, 9.17) is 4.74 Å². The number of para-hydroxylation sites is 15. The van der Waals surface area contributed by atoms with E-state index in [1.807, 2.05) is 48.2 Å². The van der Waals surface area contributed by atoms with Gasteiger partial charge in [0.2, 0.25) is 0 Å². The van der Waals surface area contributed by atoms with Crippen LogP contribution in [0, 0.1) is 0 Å². The maximum absolute atomic E-state index is 5.81. The smallest absolute Gasteiger partial charge is 0.151 e. The summed E-state index contributed by atoms with van der Waals surface area (Å²) in [6.45, 7) is 4.61. The summed E-state index contributed by atoms with van der Waals surface area (Å²) in [7, 11) is 10.6. The van der Waals surface area contributed by atoms with E-state index >= 15 is 0 Å². The molecule has 11 aromatic carbocycles. The van der Waals surface area contributed by atoms with Crippen molar-refractivity contribution >= 4 is 96.1 Å².